The second-order valence-corrected chi connectivity index (χ2v) is 4.39. The molecule has 2 heteroatoms. The molecule has 1 aromatic heterocycles. The van der Waals surface area contributed by atoms with E-state index in [4.69, 9.17) is 0 Å². The average molecular weight is 220 g/mol. The monoisotopic (exact) mass is 220 g/mol. The van der Waals surface area contributed by atoms with E-state index in [2.05, 4.69) is 37.7 Å². The highest BCUT2D eigenvalue weighted by atomic mass is 14.8. The van der Waals surface area contributed by atoms with Crippen molar-refractivity contribution in [3.63, 3.8) is 0 Å². The summed E-state index contributed by atoms with van der Waals surface area (Å²) in [7, 11) is 0. The van der Waals surface area contributed by atoms with Gasteiger partial charge >= 0.3 is 0 Å². The second-order valence-electron chi connectivity index (χ2n) is 4.39. The SMILES string of the molecule is CCC(CC)c1cncnc1C(CC)CC. The van der Waals surface area contributed by atoms with Crippen LogP contribution in [-0.2, 0) is 0 Å². The number of aromatic nitrogens is 2. The molecular weight excluding hydrogens is 196 g/mol. The Labute approximate surface area is 99.5 Å². The summed E-state index contributed by atoms with van der Waals surface area (Å²) in [5, 5.41) is 0. The third-order valence-electron chi connectivity index (χ3n) is 3.57. The lowest BCUT2D eigenvalue weighted by molar-refractivity contribution is 0.574. The Morgan fingerprint density at radius 3 is 2.00 bits per heavy atom. The third kappa shape index (κ3) is 2.81. The fourth-order valence-electron chi connectivity index (χ4n) is 2.41. The van der Waals surface area contributed by atoms with Crippen LogP contribution in [0, 0.1) is 0 Å². The molecule has 16 heavy (non-hydrogen) atoms. The molecule has 0 aliphatic carbocycles. The van der Waals surface area contributed by atoms with E-state index in [1.807, 2.05) is 6.20 Å². The van der Waals surface area contributed by atoms with Gasteiger partial charge in [-0.05, 0) is 37.2 Å². The Morgan fingerprint density at radius 1 is 0.938 bits per heavy atom. The first-order chi connectivity index (χ1) is 7.78. The van der Waals surface area contributed by atoms with Crippen LogP contribution < -0.4 is 0 Å². The summed E-state index contributed by atoms with van der Waals surface area (Å²) in [6, 6.07) is 0. The third-order valence-corrected chi connectivity index (χ3v) is 3.57. The predicted molar refractivity (Wildman–Crippen MR) is 68.7 cm³/mol. The standard InChI is InChI=1S/C14H24N2/c1-5-11(6-2)13-9-15-10-16-14(13)12(7-3)8-4/h9-12H,5-8H2,1-4H3. The Morgan fingerprint density at radius 2 is 1.50 bits per heavy atom. The van der Waals surface area contributed by atoms with Crippen molar-refractivity contribution in [3.05, 3.63) is 23.8 Å². The van der Waals surface area contributed by atoms with Gasteiger partial charge in [0.15, 0.2) is 0 Å². The molecule has 0 saturated carbocycles. The van der Waals surface area contributed by atoms with Crippen molar-refractivity contribution >= 4 is 0 Å². The lowest BCUT2D eigenvalue weighted by atomic mass is 9.87. The van der Waals surface area contributed by atoms with Crippen LogP contribution in [0.15, 0.2) is 12.5 Å². The van der Waals surface area contributed by atoms with E-state index in [0.29, 0.717) is 11.8 Å². The fraction of sp³-hybridized carbons (Fsp3) is 0.714. The van der Waals surface area contributed by atoms with Crippen molar-refractivity contribution < 1.29 is 0 Å². The zero-order valence-corrected chi connectivity index (χ0v) is 11.0. The minimum Gasteiger partial charge on any atom is -0.245 e. The zero-order chi connectivity index (χ0) is 12.0. The van der Waals surface area contributed by atoms with E-state index in [1.165, 1.54) is 36.9 Å². The molecular formula is C14H24N2. The van der Waals surface area contributed by atoms with Crippen molar-refractivity contribution in [2.24, 2.45) is 0 Å². The van der Waals surface area contributed by atoms with E-state index >= 15 is 0 Å². The van der Waals surface area contributed by atoms with Crippen molar-refractivity contribution in [1.82, 2.24) is 9.97 Å². The first kappa shape index (κ1) is 13.1. The topological polar surface area (TPSA) is 25.8 Å². The first-order valence-electron chi connectivity index (χ1n) is 6.58. The number of hydrogen-bond donors (Lipinski definition) is 0. The molecule has 0 bridgehead atoms. The van der Waals surface area contributed by atoms with Crippen molar-refractivity contribution in [3.8, 4) is 0 Å². The molecule has 0 N–H and O–H groups in total. The zero-order valence-electron chi connectivity index (χ0n) is 11.0. The van der Waals surface area contributed by atoms with Gasteiger partial charge in [0.05, 0.1) is 5.69 Å². The number of hydrogen-bond acceptors (Lipinski definition) is 2. The smallest absolute Gasteiger partial charge is 0.115 e. The quantitative estimate of drug-likeness (QED) is 0.715. The Hall–Kier alpha value is -0.920. The van der Waals surface area contributed by atoms with Crippen LogP contribution in [0.25, 0.3) is 0 Å². The number of nitrogens with zero attached hydrogens (tertiary/aromatic N) is 2. The van der Waals surface area contributed by atoms with Crippen molar-refractivity contribution in [1.29, 1.82) is 0 Å². The van der Waals surface area contributed by atoms with E-state index in [-0.39, 0.29) is 0 Å². The highest BCUT2D eigenvalue weighted by Gasteiger charge is 2.18. The van der Waals surface area contributed by atoms with Crippen LogP contribution >= 0.6 is 0 Å². The molecule has 0 amide bonds. The molecule has 2 nitrogen and oxygen atoms in total. The molecule has 1 aromatic rings. The predicted octanol–water partition coefficient (Wildman–Crippen LogP) is 4.28. The maximum absolute atomic E-state index is 4.53. The van der Waals surface area contributed by atoms with Crippen LogP contribution in [0.3, 0.4) is 0 Å². The molecule has 1 heterocycles. The Balaban J connectivity index is 3.07. The maximum atomic E-state index is 4.53. The molecule has 0 radical (unpaired) electrons. The van der Waals surface area contributed by atoms with Gasteiger partial charge in [-0.1, -0.05) is 27.7 Å². The molecule has 0 atom stereocenters. The second kappa shape index (κ2) is 6.62. The summed E-state index contributed by atoms with van der Waals surface area (Å²) in [6.07, 6.45) is 8.41. The van der Waals surface area contributed by atoms with Gasteiger partial charge in [-0.15, -0.1) is 0 Å². The molecule has 0 unspecified atom stereocenters. The highest BCUT2D eigenvalue weighted by Crippen LogP contribution is 2.31. The molecule has 1 rings (SSSR count). The minimum absolute atomic E-state index is 0.596. The molecule has 90 valence electrons. The average Bonchev–Trinajstić information content (AvgIpc) is 2.34. The molecule has 0 aliphatic rings. The molecule has 0 fully saturated rings. The molecule has 0 aromatic carbocycles. The van der Waals surface area contributed by atoms with Crippen molar-refractivity contribution in [2.45, 2.75) is 65.2 Å². The van der Waals surface area contributed by atoms with Gasteiger partial charge in [0.25, 0.3) is 0 Å². The summed E-state index contributed by atoms with van der Waals surface area (Å²) in [5.74, 6) is 1.22. The van der Waals surface area contributed by atoms with Crippen molar-refractivity contribution in [2.75, 3.05) is 0 Å². The van der Waals surface area contributed by atoms with Gasteiger partial charge in [-0.25, -0.2) is 9.97 Å². The van der Waals surface area contributed by atoms with Gasteiger partial charge in [0.2, 0.25) is 0 Å². The lowest BCUT2D eigenvalue weighted by Gasteiger charge is -2.20. The van der Waals surface area contributed by atoms with Gasteiger partial charge in [-0.3, -0.25) is 0 Å². The first-order valence-corrected chi connectivity index (χ1v) is 6.58. The van der Waals surface area contributed by atoms with Crippen LogP contribution in [0.4, 0.5) is 0 Å². The summed E-state index contributed by atoms with van der Waals surface area (Å²) < 4.78 is 0. The minimum atomic E-state index is 0.596. The molecule has 0 saturated heterocycles. The molecule has 0 aliphatic heterocycles. The van der Waals surface area contributed by atoms with Crippen LogP contribution in [0.1, 0.15) is 76.5 Å². The fourth-order valence-corrected chi connectivity index (χ4v) is 2.41. The number of rotatable bonds is 6. The summed E-state index contributed by atoms with van der Waals surface area (Å²) in [5.41, 5.74) is 2.66. The van der Waals surface area contributed by atoms with E-state index in [1.54, 1.807) is 6.33 Å². The van der Waals surface area contributed by atoms with Gasteiger partial charge < -0.3 is 0 Å². The lowest BCUT2D eigenvalue weighted by Crippen LogP contribution is -2.08. The normalized spacial score (nSPS) is 11.4. The van der Waals surface area contributed by atoms with Crippen LogP contribution in [-0.4, -0.2) is 9.97 Å². The Kier molecular flexibility index (Phi) is 5.44. The molecule has 0 spiro atoms. The van der Waals surface area contributed by atoms with Crippen LogP contribution in [0.5, 0.6) is 0 Å². The largest absolute Gasteiger partial charge is 0.245 e. The van der Waals surface area contributed by atoms with Gasteiger partial charge in [-0.2, -0.15) is 0 Å². The highest BCUT2D eigenvalue weighted by molar-refractivity contribution is 5.24. The van der Waals surface area contributed by atoms with E-state index < -0.39 is 0 Å². The maximum Gasteiger partial charge on any atom is 0.115 e. The van der Waals surface area contributed by atoms with Gasteiger partial charge in [0, 0.05) is 12.1 Å². The van der Waals surface area contributed by atoms with Gasteiger partial charge in [0.1, 0.15) is 6.33 Å². The van der Waals surface area contributed by atoms with E-state index in [0.717, 1.165) is 0 Å². The van der Waals surface area contributed by atoms with Crippen LogP contribution in [0.2, 0.25) is 0 Å². The summed E-state index contributed by atoms with van der Waals surface area (Å²) >= 11 is 0. The summed E-state index contributed by atoms with van der Waals surface area (Å²) in [4.78, 5) is 8.73. The summed E-state index contributed by atoms with van der Waals surface area (Å²) in [6.45, 7) is 8.98. The Bertz CT molecular complexity index is 270. The van der Waals surface area contributed by atoms with E-state index in [9.17, 15) is 0 Å².